The zero-order chi connectivity index (χ0) is 11.3. The second-order valence-corrected chi connectivity index (χ2v) is 3.30. The zero-order valence-corrected chi connectivity index (χ0v) is 9.17. The molecule has 1 N–H and O–H groups in total. The molecule has 0 atom stereocenters. The second-order valence-electron chi connectivity index (χ2n) is 3.04. The molecule has 0 aliphatic rings. The highest BCUT2D eigenvalue weighted by Gasteiger charge is 2.04. The van der Waals surface area contributed by atoms with Crippen molar-refractivity contribution in [2.24, 2.45) is 0 Å². The lowest BCUT2D eigenvalue weighted by atomic mass is 10.1. The van der Waals surface area contributed by atoms with Crippen molar-refractivity contribution in [3.8, 4) is 0 Å². The predicted molar refractivity (Wildman–Crippen MR) is 60.4 cm³/mol. The molecule has 0 aliphatic heterocycles. The largest absolute Gasteiger partial charge is 0.326 e. The Hall–Kier alpha value is -1.35. The molecule has 1 aromatic carbocycles. The SMILES string of the molecule is CCC(=O)Nc1ccc(C(=O)CCl)cc1. The Labute approximate surface area is 93.4 Å². The number of ketones is 1. The van der Waals surface area contributed by atoms with E-state index in [1.807, 2.05) is 0 Å². The molecule has 0 heterocycles. The lowest BCUT2D eigenvalue weighted by molar-refractivity contribution is -0.115. The summed E-state index contributed by atoms with van der Waals surface area (Å²) < 4.78 is 0. The number of rotatable bonds is 4. The third-order valence-electron chi connectivity index (χ3n) is 1.93. The summed E-state index contributed by atoms with van der Waals surface area (Å²) in [6.07, 6.45) is 0.433. The smallest absolute Gasteiger partial charge is 0.224 e. The number of amides is 1. The van der Waals surface area contributed by atoms with E-state index in [4.69, 9.17) is 11.6 Å². The van der Waals surface area contributed by atoms with Crippen LogP contribution in [0.4, 0.5) is 5.69 Å². The minimum absolute atomic E-state index is 0.0271. The Balaban J connectivity index is 2.72. The number of anilines is 1. The lowest BCUT2D eigenvalue weighted by Crippen LogP contribution is -2.09. The number of alkyl halides is 1. The van der Waals surface area contributed by atoms with Gasteiger partial charge >= 0.3 is 0 Å². The summed E-state index contributed by atoms with van der Waals surface area (Å²) in [4.78, 5) is 22.2. The van der Waals surface area contributed by atoms with E-state index in [1.54, 1.807) is 31.2 Å². The van der Waals surface area contributed by atoms with Gasteiger partial charge < -0.3 is 5.32 Å². The molecule has 0 saturated heterocycles. The molecule has 1 rings (SSSR count). The summed E-state index contributed by atoms with van der Waals surface area (Å²) in [5.41, 5.74) is 1.24. The molecule has 0 fully saturated rings. The number of carbonyl (C=O) groups excluding carboxylic acids is 2. The van der Waals surface area contributed by atoms with Gasteiger partial charge in [0.05, 0.1) is 5.88 Å². The number of halogens is 1. The van der Waals surface area contributed by atoms with Crippen molar-refractivity contribution >= 4 is 29.0 Å². The summed E-state index contributed by atoms with van der Waals surface area (Å²) in [7, 11) is 0. The molecule has 1 amide bonds. The van der Waals surface area contributed by atoms with Gasteiger partial charge in [0, 0.05) is 17.7 Å². The number of benzene rings is 1. The van der Waals surface area contributed by atoms with Gasteiger partial charge in [-0.1, -0.05) is 6.92 Å². The van der Waals surface area contributed by atoms with E-state index in [9.17, 15) is 9.59 Å². The van der Waals surface area contributed by atoms with Crippen LogP contribution < -0.4 is 5.32 Å². The molecule has 0 saturated carbocycles. The molecule has 4 heteroatoms. The third kappa shape index (κ3) is 3.36. The first-order valence-corrected chi connectivity index (χ1v) is 5.20. The molecule has 1 aromatic rings. The molecule has 80 valence electrons. The quantitative estimate of drug-likeness (QED) is 0.632. The van der Waals surface area contributed by atoms with Gasteiger partial charge in [-0.25, -0.2) is 0 Å². The van der Waals surface area contributed by atoms with Gasteiger partial charge in [0.25, 0.3) is 0 Å². The normalized spacial score (nSPS) is 9.73. The number of carbonyl (C=O) groups is 2. The topological polar surface area (TPSA) is 46.2 Å². The summed E-state index contributed by atoms with van der Waals surface area (Å²) in [6, 6.07) is 6.67. The van der Waals surface area contributed by atoms with Gasteiger partial charge in [-0.15, -0.1) is 11.6 Å². The van der Waals surface area contributed by atoms with Crippen LogP contribution in [-0.2, 0) is 4.79 Å². The van der Waals surface area contributed by atoms with Crippen molar-refractivity contribution < 1.29 is 9.59 Å². The molecule has 0 aromatic heterocycles. The fourth-order valence-electron chi connectivity index (χ4n) is 1.07. The second kappa shape index (κ2) is 5.51. The van der Waals surface area contributed by atoms with Crippen LogP contribution in [0.25, 0.3) is 0 Å². The molecule has 0 radical (unpaired) electrons. The highest BCUT2D eigenvalue weighted by atomic mass is 35.5. The maximum absolute atomic E-state index is 11.2. The van der Waals surface area contributed by atoms with Gasteiger partial charge in [0.15, 0.2) is 5.78 Å². The number of nitrogens with one attached hydrogen (secondary N) is 1. The van der Waals surface area contributed by atoms with Crippen LogP contribution in [0.3, 0.4) is 0 Å². The molecule has 0 aliphatic carbocycles. The van der Waals surface area contributed by atoms with Crippen molar-refractivity contribution in [2.75, 3.05) is 11.2 Å². The van der Waals surface area contributed by atoms with Crippen molar-refractivity contribution in [1.82, 2.24) is 0 Å². The fraction of sp³-hybridized carbons (Fsp3) is 0.273. The number of hydrogen-bond donors (Lipinski definition) is 1. The molecule has 15 heavy (non-hydrogen) atoms. The summed E-state index contributed by atoms with van der Waals surface area (Å²) >= 11 is 5.41. The molecular weight excluding hydrogens is 214 g/mol. The first-order chi connectivity index (χ1) is 7.17. The van der Waals surface area contributed by atoms with E-state index >= 15 is 0 Å². The Kier molecular flexibility index (Phi) is 4.31. The minimum Gasteiger partial charge on any atom is -0.326 e. The van der Waals surface area contributed by atoms with Crippen LogP contribution in [0.15, 0.2) is 24.3 Å². The van der Waals surface area contributed by atoms with Crippen molar-refractivity contribution in [2.45, 2.75) is 13.3 Å². The standard InChI is InChI=1S/C11H12ClNO2/c1-2-11(15)13-9-5-3-8(4-6-9)10(14)7-12/h3-6H,2,7H2,1H3,(H,13,15). The monoisotopic (exact) mass is 225 g/mol. The van der Waals surface area contributed by atoms with Crippen molar-refractivity contribution in [3.05, 3.63) is 29.8 Å². The fourth-order valence-corrected chi connectivity index (χ4v) is 1.22. The first-order valence-electron chi connectivity index (χ1n) is 4.66. The van der Waals surface area contributed by atoms with E-state index in [-0.39, 0.29) is 17.6 Å². The van der Waals surface area contributed by atoms with E-state index < -0.39 is 0 Å². The Morgan fingerprint density at radius 2 is 1.87 bits per heavy atom. The van der Waals surface area contributed by atoms with Gasteiger partial charge in [0.2, 0.25) is 5.91 Å². The zero-order valence-electron chi connectivity index (χ0n) is 8.42. The van der Waals surface area contributed by atoms with Gasteiger partial charge in [0.1, 0.15) is 0 Å². The van der Waals surface area contributed by atoms with Gasteiger partial charge in [-0.2, -0.15) is 0 Å². The minimum atomic E-state index is -0.120. The average molecular weight is 226 g/mol. The Morgan fingerprint density at radius 3 is 2.33 bits per heavy atom. The van der Waals surface area contributed by atoms with E-state index in [0.717, 1.165) is 0 Å². The molecule has 3 nitrogen and oxygen atoms in total. The summed E-state index contributed by atoms with van der Waals surface area (Å²) in [5, 5.41) is 2.69. The number of Topliss-reactive ketones (excluding diaryl/α,β-unsaturated/α-hetero) is 1. The molecule has 0 unspecified atom stereocenters. The van der Waals surface area contributed by atoms with Crippen molar-refractivity contribution in [3.63, 3.8) is 0 Å². The summed E-state index contributed by atoms with van der Waals surface area (Å²) in [5.74, 6) is -0.197. The van der Waals surface area contributed by atoms with E-state index in [1.165, 1.54) is 0 Å². The van der Waals surface area contributed by atoms with E-state index in [0.29, 0.717) is 17.7 Å². The highest BCUT2D eigenvalue weighted by Crippen LogP contribution is 2.10. The highest BCUT2D eigenvalue weighted by molar-refractivity contribution is 6.30. The first kappa shape index (κ1) is 11.7. The van der Waals surface area contributed by atoms with Crippen LogP contribution in [0.1, 0.15) is 23.7 Å². The molecule has 0 spiro atoms. The molecular formula is C11H12ClNO2. The van der Waals surface area contributed by atoms with Gasteiger partial charge in [-0.3, -0.25) is 9.59 Å². The number of hydrogen-bond acceptors (Lipinski definition) is 2. The van der Waals surface area contributed by atoms with Crippen molar-refractivity contribution in [1.29, 1.82) is 0 Å². The van der Waals surface area contributed by atoms with Crippen LogP contribution in [-0.4, -0.2) is 17.6 Å². The molecule has 0 bridgehead atoms. The maximum Gasteiger partial charge on any atom is 0.224 e. The van der Waals surface area contributed by atoms with E-state index in [2.05, 4.69) is 5.32 Å². The van der Waals surface area contributed by atoms with Crippen LogP contribution in [0.5, 0.6) is 0 Å². The van der Waals surface area contributed by atoms with Crippen LogP contribution in [0, 0.1) is 0 Å². The average Bonchev–Trinajstić information content (AvgIpc) is 2.29. The third-order valence-corrected chi connectivity index (χ3v) is 2.18. The summed E-state index contributed by atoms with van der Waals surface area (Å²) in [6.45, 7) is 1.78. The lowest BCUT2D eigenvalue weighted by Gasteiger charge is -2.03. The Bertz CT molecular complexity index is 359. The maximum atomic E-state index is 11.2. The Morgan fingerprint density at radius 1 is 1.27 bits per heavy atom. The van der Waals surface area contributed by atoms with Gasteiger partial charge in [-0.05, 0) is 24.3 Å². The predicted octanol–water partition coefficient (Wildman–Crippen LogP) is 2.46. The van der Waals surface area contributed by atoms with Crippen LogP contribution in [0.2, 0.25) is 0 Å². The van der Waals surface area contributed by atoms with Crippen LogP contribution >= 0.6 is 11.6 Å².